The molecule has 0 amide bonds. The summed E-state index contributed by atoms with van der Waals surface area (Å²) in [7, 11) is 0. The Hall–Kier alpha value is -2.74. The van der Waals surface area contributed by atoms with E-state index in [1.165, 1.54) is 6.07 Å². The second-order valence-electron chi connectivity index (χ2n) is 7.08. The molecule has 2 N–H and O–H groups in total. The Morgan fingerprint density at radius 1 is 1.14 bits per heavy atom. The van der Waals surface area contributed by atoms with Crippen LogP contribution in [0.15, 0.2) is 41.7 Å². The minimum absolute atomic E-state index is 0.179. The number of piperazine rings is 1. The van der Waals surface area contributed by atoms with E-state index in [0.717, 1.165) is 63.3 Å². The van der Waals surface area contributed by atoms with Crippen LogP contribution in [0.2, 0.25) is 0 Å². The van der Waals surface area contributed by atoms with Crippen molar-refractivity contribution in [1.82, 2.24) is 25.5 Å². The van der Waals surface area contributed by atoms with Crippen LogP contribution in [0.5, 0.6) is 0 Å². The van der Waals surface area contributed by atoms with E-state index >= 15 is 0 Å². The van der Waals surface area contributed by atoms with Crippen molar-refractivity contribution in [3.63, 3.8) is 0 Å². The van der Waals surface area contributed by atoms with Crippen molar-refractivity contribution in [3.8, 4) is 0 Å². The number of hydrogen-bond donors (Lipinski definition) is 2. The molecule has 0 aliphatic carbocycles. The normalized spacial score (nSPS) is 15.4. The lowest BCUT2D eigenvalue weighted by molar-refractivity contribution is 0.260. The lowest BCUT2D eigenvalue weighted by Crippen LogP contribution is -2.49. The SMILES string of the molecule is CCNC(=NCc1ccc(F)c(C)c1)NCCN1CCN(c2ncccn2)CC1. The molecule has 1 aliphatic rings. The van der Waals surface area contributed by atoms with E-state index in [0.29, 0.717) is 12.1 Å². The number of guanidine groups is 1. The third-order valence-electron chi connectivity index (χ3n) is 4.91. The highest BCUT2D eigenvalue weighted by atomic mass is 19.1. The maximum atomic E-state index is 13.4. The maximum absolute atomic E-state index is 13.4. The van der Waals surface area contributed by atoms with Crippen LogP contribution in [-0.4, -0.2) is 66.6 Å². The number of anilines is 1. The Kier molecular flexibility index (Phi) is 7.75. The summed E-state index contributed by atoms with van der Waals surface area (Å²) < 4.78 is 13.4. The van der Waals surface area contributed by atoms with Crippen LogP contribution >= 0.6 is 0 Å². The van der Waals surface area contributed by atoms with Gasteiger partial charge in [0.15, 0.2) is 5.96 Å². The zero-order valence-corrected chi connectivity index (χ0v) is 17.2. The fourth-order valence-corrected chi connectivity index (χ4v) is 3.28. The highest BCUT2D eigenvalue weighted by molar-refractivity contribution is 5.79. The Balaban J connectivity index is 1.43. The second-order valence-corrected chi connectivity index (χ2v) is 7.08. The predicted octanol–water partition coefficient (Wildman–Crippen LogP) is 1.80. The number of nitrogens with zero attached hydrogens (tertiary/aromatic N) is 5. The van der Waals surface area contributed by atoms with Gasteiger partial charge in [0.25, 0.3) is 0 Å². The summed E-state index contributed by atoms with van der Waals surface area (Å²) in [6.45, 7) is 10.7. The third-order valence-corrected chi connectivity index (χ3v) is 4.91. The first kappa shape index (κ1) is 21.0. The van der Waals surface area contributed by atoms with E-state index in [4.69, 9.17) is 0 Å². The first-order valence-corrected chi connectivity index (χ1v) is 10.2. The molecule has 2 aromatic rings. The molecule has 1 aromatic carbocycles. The summed E-state index contributed by atoms with van der Waals surface area (Å²) in [6.07, 6.45) is 3.57. The molecule has 0 spiro atoms. The van der Waals surface area contributed by atoms with Gasteiger partial charge in [0, 0.05) is 58.2 Å². The van der Waals surface area contributed by atoms with Gasteiger partial charge in [0.2, 0.25) is 5.95 Å². The van der Waals surface area contributed by atoms with Crippen LogP contribution in [0.4, 0.5) is 10.3 Å². The van der Waals surface area contributed by atoms with Gasteiger partial charge in [-0.25, -0.2) is 19.4 Å². The van der Waals surface area contributed by atoms with Crippen LogP contribution in [0, 0.1) is 12.7 Å². The van der Waals surface area contributed by atoms with Crippen molar-refractivity contribution in [2.24, 2.45) is 4.99 Å². The molecule has 29 heavy (non-hydrogen) atoms. The van der Waals surface area contributed by atoms with E-state index in [9.17, 15) is 4.39 Å². The van der Waals surface area contributed by atoms with Crippen molar-refractivity contribution in [2.75, 3.05) is 50.7 Å². The standard InChI is InChI=1S/C21H30FN7/c1-3-23-20(27-16-18-5-6-19(22)17(2)15-18)24-9-10-28-11-13-29(14-12-28)21-25-7-4-8-26-21/h4-8,15H,3,9-14,16H2,1-2H3,(H2,23,24,27). The average molecular weight is 400 g/mol. The third kappa shape index (κ3) is 6.39. The van der Waals surface area contributed by atoms with E-state index in [2.05, 4.69) is 35.4 Å². The van der Waals surface area contributed by atoms with Crippen LogP contribution < -0.4 is 15.5 Å². The molecule has 0 unspecified atom stereocenters. The average Bonchev–Trinajstić information content (AvgIpc) is 2.75. The highest BCUT2D eigenvalue weighted by Crippen LogP contribution is 2.10. The van der Waals surface area contributed by atoms with Crippen molar-refractivity contribution in [3.05, 3.63) is 53.6 Å². The molecular formula is C21H30FN7. The predicted molar refractivity (Wildman–Crippen MR) is 115 cm³/mol. The molecule has 8 heteroatoms. The van der Waals surface area contributed by atoms with Gasteiger partial charge in [-0.1, -0.05) is 12.1 Å². The van der Waals surface area contributed by atoms with Gasteiger partial charge >= 0.3 is 0 Å². The van der Waals surface area contributed by atoms with Gasteiger partial charge in [0.1, 0.15) is 5.82 Å². The van der Waals surface area contributed by atoms with Crippen LogP contribution in [-0.2, 0) is 6.54 Å². The molecule has 156 valence electrons. The molecule has 2 heterocycles. The molecule has 7 nitrogen and oxygen atoms in total. The lowest BCUT2D eigenvalue weighted by Gasteiger charge is -2.34. The summed E-state index contributed by atoms with van der Waals surface area (Å²) in [6, 6.07) is 6.97. The lowest BCUT2D eigenvalue weighted by atomic mass is 10.1. The Morgan fingerprint density at radius 2 is 1.90 bits per heavy atom. The number of benzene rings is 1. The number of rotatable bonds is 7. The van der Waals surface area contributed by atoms with Gasteiger partial charge in [-0.05, 0) is 37.1 Å². The molecule has 1 aliphatic heterocycles. The zero-order chi connectivity index (χ0) is 20.5. The number of nitrogens with one attached hydrogen (secondary N) is 2. The molecular weight excluding hydrogens is 369 g/mol. The quantitative estimate of drug-likeness (QED) is 0.547. The fraction of sp³-hybridized carbons (Fsp3) is 0.476. The van der Waals surface area contributed by atoms with Crippen molar-refractivity contribution in [1.29, 1.82) is 0 Å². The largest absolute Gasteiger partial charge is 0.357 e. The van der Waals surface area contributed by atoms with E-state index in [-0.39, 0.29) is 5.82 Å². The van der Waals surface area contributed by atoms with Gasteiger partial charge in [-0.3, -0.25) is 4.90 Å². The highest BCUT2D eigenvalue weighted by Gasteiger charge is 2.18. The van der Waals surface area contributed by atoms with Crippen molar-refractivity contribution in [2.45, 2.75) is 20.4 Å². The molecule has 0 saturated carbocycles. The van der Waals surface area contributed by atoms with E-state index in [1.54, 1.807) is 25.4 Å². The van der Waals surface area contributed by atoms with Gasteiger partial charge in [0.05, 0.1) is 6.54 Å². The second kappa shape index (κ2) is 10.7. The van der Waals surface area contributed by atoms with Gasteiger partial charge < -0.3 is 15.5 Å². The van der Waals surface area contributed by atoms with Crippen molar-refractivity contribution < 1.29 is 4.39 Å². The van der Waals surface area contributed by atoms with Gasteiger partial charge in [-0.2, -0.15) is 0 Å². The number of aliphatic imine (C=N–C) groups is 1. The van der Waals surface area contributed by atoms with Gasteiger partial charge in [-0.15, -0.1) is 0 Å². The summed E-state index contributed by atoms with van der Waals surface area (Å²) in [5, 5.41) is 6.66. The molecule has 0 bridgehead atoms. The Bertz CT molecular complexity index is 789. The number of aryl methyl sites for hydroxylation is 1. The monoisotopic (exact) mass is 399 g/mol. The van der Waals surface area contributed by atoms with Crippen LogP contribution in [0.3, 0.4) is 0 Å². The number of aromatic nitrogens is 2. The molecule has 1 aromatic heterocycles. The molecule has 1 fully saturated rings. The minimum atomic E-state index is -0.179. The smallest absolute Gasteiger partial charge is 0.225 e. The summed E-state index contributed by atoms with van der Waals surface area (Å²) in [5.74, 6) is 1.41. The number of halogens is 1. The summed E-state index contributed by atoms with van der Waals surface area (Å²) in [5.41, 5.74) is 1.65. The van der Waals surface area contributed by atoms with E-state index < -0.39 is 0 Å². The zero-order valence-electron chi connectivity index (χ0n) is 17.2. The topological polar surface area (TPSA) is 68.7 Å². The van der Waals surface area contributed by atoms with Crippen molar-refractivity contribution >= 4 is 11.9 Å². The Morgan fingerprint density at radius 3 is 2.59 bits per heavy atom. The summed E-state index contributed by atoms with van der Waals surface area (Å²) >= 11 is 0. The van der Waals surface area contributed by atoms with Crippen LogP contribution in [0.1, 0.15) is 18.1 Å². The maximum Gasteiger partial charge on any atom is 0.225 e. The first-order valence-electron chi connectivity index (χ1n) is 10.2. The number of hydrogen-bond acceptors (Lipinski definition) is 5. The molecule has 1 saturated heterocycles. The first-order chi connectivity index (χ1) is 14.2. The Labute approximate surface area is 172 Å². The van der Waals surface area contributed by atoms with E-state index in [1.807, 2.05) is 19.1 Å². The molecule has 3 rings (SSSR count). The summed E-state index contributed by atoms with van der Waals surface area (Å²) in [4.78, 5) is 17.9. The van der Waals surface area contributed by atoms with Crippen LogP contribution in [0.25, 0.3) is 0 Å². The fourth-order valence-electron chi connectivity index (χ4n) is 3.28. The molecule has 0 radical (unpaired) electrons. The molecule has 0 atom stereocenters. The minimum Gasteiger partial charge on any atom is -0.357 e.